The topological polar surface area (TPSA) is 451 Å². The number of carboxylic acid groups (broad SMARTS) is 1. The molecule has 0 unspecified atom stereocenters. The Bertz CT molecular complexity index is 4390. The third kappa shape index (κ3) is 12.2. The highest BCUT2D eigenvalue weighted by Gasteiger charge is 2.42. The summed E-state index contributed by atoms with van der Waals surface area (Å²) in [5.41, 5.74) is 3.40. The zero-order valence-corrected chi connectivity index (χ0v) is 48.3. The summed E-state index contributed by atoms with van der Waals surface area (Å²) in [6.07, 6.45) is -2.62. The number of benzene rings is 7. The maximum absolute atomic E-state index is 15.8. The second kappa shape index (κ2) is 23.7. The molecule has 6 aliphatic rings. The molecular formula is C58H44Cl3N7O21S. The number of rotatable bonds is 3. The number of hydrogen-bond acceptors (Lipinski definition) is 20. The molecule has 0 aliphatic carbocycles. The van der Waals surface area contributed by atoms with Crippen LogP contribution in [-0.4, -0.2) is 102 Å². The number of amides is 6. The number of carboxylic acids is 1. The third-order valence-corrected chi connectivity index (χ3v) is 16.0. The van der Waals surface area contributed by atoms with Crippen LogP contribution in [0.3, 0.4) is 0 Å². The minimum atomic E-state index is -5.27. The molecule has 0 saturated carbocycles. The number of ether oxygens (including phenoxy) is 3. The summed E-state index contributed by atoms with van der Waals surface area (Å²) in [4.78, 5) is 104. The number of aliphatic hydroxyl groups excluding tert-OH is 1. The van der Waals surface area contributed by atoms with Crippen molar-refractivity contribution in [3.63, 3.8) is 0 Å². The first-order valence-corrected chi connectivity index (χ1v) is 28.8. The molecule has 0 fully saturated rings. The van der Waals surface area contributed by atoms with Crippen LogP contribution < -0.4 is 56.0 Å². The second-order valence-electron chi connectivity index (χ2n) is 20.7. The smallest absolute Gasteiger partial charge is 0.446 e. The average molecular weight is 1310 g/mol. The fourth-order valence-corrected chi connectivity index (χ4v) is 11.5. The van der Waals surface area contributed by atoms with Gasteiger partial charge in [0.2, 0.25) is 41.2 Å². The maximum atomic E-state index is 15.8. The van der Waals surface area contributed by atoms with E-state index >= 15 is 14.4 Å². The lowest BCUT2D eigenvalue weighted by Crippen LogP contribution is -2.55. The van der Waals surface area contributed by atoms with Gasteiger partial charge in [-0.1, -0.05) is 53.0 Å². The summed E-state index contributed by atoms with van der Waals surface area (Å²) < 4.78 is 56.8. The van der Waals surface area contributed by atoms with E-state index in [4.69, 9.17) is 58.9 Å². The van der Waals surface area contributed by atoms with Crippen LogP contribution in [0.25, 0.3) is 11.1 Å². The van der Waals surface area contributed by atoms with Crippen LogP contribution in [0, 0.1) is 0 Å². The van der Waals surface area contributed by atoms with Gasteiger partial charge in [0.25, 0.3) is 0 Å². The highest BCUT2D eigenvalue weighted by molar-refractivity contribution is 7.81. The fourth-order valence-electron chi connectivity index (χ4n) is 10.4. The molecule has 7 aromatic carbocycles. The standard InChI is InChI=1S/C58H44Cl3N7O21S/c59-31-7-20-1-4-36(31)87-40-15-25-16-41(51(40)74)88-37-5-3-22(12-32(37)60)49(72)48-57(80)67-47(58(81)82)29-18-27(70)19-35(71)42(29)30-11-24(13-33(61)50(30)73)45(56(79)68-48)65-55(78)46(25)66-54(77)44-23-9-26(69)17-28(10-23)86-39-14-21(2-6-38(39)89-90(83,84)85)43(62)53(76)63-34(8-20)52(75)64-44/h1-7,9-19,34,43-49,69-74H,8,62H2,(H,63,76)(H,64,75)(H,65,78)(H,66,77)(H,67,80)(H,68,79)(H,81,82)(H,83,84,85)/t34-,43+,44-,45-,46-,47-,48-,49+/m0/s1. The second-order valence-corrected chi connectivity index (χ2v) is 23.0. The third-order valence-electron chi connectivity index (χ3n) is 14.7. The van der Waals surface area contributed by atoms with E-state index in [1.807, 2.05) is 0 Å². The number of nitrogens with two attached hydrogens (primary N) is 1. The van der Waals surface area contributed by atoms with E-state index in [-0.39, 0.29) is 43.8 Å². The molecule has 0 aromatic heterocycles. The Balaban J connectivity index is 1.15. The molecule has 16 N–H and O–H groups in total. The first-order valence-electron chi connectivity index (χ1n) is 26.3. The van der Waals surface area contributed by atoms with Gasteiger partial charge in [-0.3, -0.25) is 33.3 Å². The monoisotopic (exact) mass is 1310 g/mol. The van der Waals surface area contributed by atoms with Gasteiger partial charge in [0.15, 0.2) is 29.0 Å². The average Bonchev–Trinajstić information content (AvgIpc) is 0.775. The molecule has 90 heavy (non-hydrogen) atoms. The highest BCUT2D eigenvalue weighted by Crippen LogP contribution is 2.49. The van der Waals surface area contributed by atoms with Gasteiger partial charge >= 0.3 is 16.4 Å². The van der Waals surface area contributed by atoms with E-state index in [2.05, 4.69) is 31.9 Å². The molecule has 32 heteroatoms. The number of hydrogen-bond donors (Lipinski definition) is 15. The highest BCUT2D eigenvalue weighted by atomic mass is 35.5. The normalized spacial score (nSPS) is 21.6. The Morgan fingerprint density at radius 1 is 0.544 bits per heavy atom. The van der Waals surface area contributed by atoms with Crippen LogP contribution in [-0.2, 0) is 50.4 Å². The number of carbonyl (C=O) groups excluding carboxylic acids is 6. The van der Waals surface area contributed by atoms with Crippen LogP contribution in [0.1, 0.15) is 75.3 Å². The van der Waals surface area contributed by atoms with Gasteiger partial charge in [0.05, 0.1) is 15.1 Å². The van der Waals surface area contributed by atoms with Crippen molar-refractivity contribution in [1.29, 1.82) is 0 Å². The van der Waals surface area contributed by atoms with E-state index in [1.54, 1.807) is 0 Å². The Hall–Kier alpha value is -10.3. The number of aromatic hydroxyl groups is 5. The van der Waals surface area contributed by atoms with Crippen LogP contribution in [0.15, 0.2) is 109 Å². The summed E-state index contributed by atoms with van der Waals surface area (Å²) >= 11 is 20.3. The lowest BCUT2D eigenvalue weighted by atomic mass is 9.89. The van der Waals surface area contributed by atoms with E-state index in [0.29, 0.717) is 0 Å². The summed E-state index contributed by atoms with van der Waals surface area (Å²) in [5, 5.41) is 93.3. The Kier molecular flexibility index (Phi) is 16.2. The van der Waals surface area contributed by atoms with Crippen molar-refractivity contribution in [2.75, 3.05) is 0 Å². The first-order chi connectivity index (χ1) is 42.6. The SMILES string of the molecule is N[C@H]1C(=O)N[C@H]2Cc3ccc(c(Cl)c3)Oc3cc4cc(c3O)Oc3ccc(cc3Cl)[C@@H](O)[C@@H]3NC(=O)[C@@H](NC(=O)[C@H]4NC(=O)[C@@H](NC2=O)c2cc(O)cc(c2)Oc2cc1ccc2OS(=O)(=O)O)c1cc(Cl)c(O)c(c1)-c1c(O)cc(O)cc1[C@@H](C(=O)O)NC3=O. The number of carbonyl (C=O) groups is 7. The predicted molar refractivity (Wildman–Crippen MR) is 310 cm³/mol. The molecule has 6 aliphatic heterocycles. The van der Waals surface area contributed by atoms with Gasteiger partial charge in [-0.2, -0.15) is 8.42 Å². The van der Waals surface area contributed by atoms with Gasteiger partial charge < -0.3 is 91.8 Å². The number of halogens is 3. The lowest BCUT2D eigenvalue weighted by Gasteiger charge is -2.31. The zero-order valence-electron chi connectivity index (χ0n) is 45.2. The summed E-state index contributed by atoms with van der Waals surface area (Å²) in [6.45, 7) is 0. The Morgan fingerprint density at radius 2 is 1.11 bits per heavy atom. The van der Waals surface area contributed by atoms with Crippen LogP contribution >= 0.6 is 34.8 Å². The number of phenolic OH excluding ortho intramolecular Hbond substituents is 5. The van der Waals surface area contributed by atoms with Crippen molar-refractivity contribution in [2.45, 2.75) is 54.8 Å². The zero-order chi connectivity index (χ0) is 64.5. The molecule has 13 rings (SSSR count). The van der Waals surface area contributed by atoms with Gasteiger partial charge in [0.1, 0.15) is 82.6 Å². The van der Waals surface area contributed by atoms with E-state index in [0.717, 1.165) is 91.0 Å². The van der Waals surface area contributed by atoms with Crippen LogP contribution in [0.4, 0.5) is 0 Å². The number of nitrogens with one attached hydrogen (secondary N) is 6. The van der Waals surface area contributed by atoms with Gasteiger partial charge in [-0.25, -0.2) is 4.79 Å². The number of fused-ring (bicyclic) bond motifs is 14. The summed E-state index contributed by atoms with van der Waals surface area (Å²) in [7, 11) is -5.27. The van der Waals surface area contributed by atoms with Crippen LogP contribution in [0.5, 0.6) is 69.0 Å². The minimum absolute atomic E-state index is 0.0722. The summed E-state index contributed by atoms with van der Waals surface area (Å²) in [6, 6.07) is 4.56. The van der Waals surface area contributed by atoms with Gasteiger partial charge in [-0.15, -0.1) is 0 Å². The van der Waals surface area contributed by atoms with Crippen molar-refractivity contribution >= 4 is 86.6 Å². The molecule has 17 bridgehead atoms. The molecule has 7 aromatic rings. The first kappa shape index (κ1) is 61.4. The molecule has 0 spiro atoms. The maximum Gasteiger partial charge on any atom is 0.446 e. The molecule has 28 nitrogen and oxygen atoms in total. The number of aliphatic hydroxyl groups is 1. The van der Waals surface area contributed by atoms with Crippen molar-refractivity contribution in [2.24, 2.45) is 5.73 Å². The van der Waals surface area contributed by atoms with Crippen molar-refractivity contribution in [3.05, 3.63) is 163 Å². The van der Waals surface area contributed by atoms with Crippen LogP contribution in [0.2, 0.25) is 15.1 Å². The molecule has 6 heterocycles. The quantitative estimate of drug-likeness (QED) is 0.102. The Morgan fingerprint density at radius 3 is 1.74 bits per heavy atom. The Labute approximate surface area is 520 Å². The predicted octanol–water partition coefficient (Wildman–Crippen LogP) is 5.11. The number of aliphatic carboxylic acids is 1. The molecule has 8 atom stereocenters. The van der Waals surface area contributed by atoms with Crippen molar-refractivity contribution < 1.29 is 101 Å². The van der Waals surface area contributed by atoms with Crippen molar-refractivity contribution in [3.8, 4) is 80.1 Å². The van der Waals surface area contributed by atoms with E-state index < -0.39 is 197 Å². The van der Waals surface area contributed by atoms with E-state index in [9.17, 15) is 67.9 Å². The lowest BCUT2D eigenvalue weighted by molar-refractivity contribution is -0.143. The van der Waals surface area contributed by atoms with E-state index in [1.165, 1.54) is 18.2 Å². The molecule has 0 radical (unpaired) electrons. The van der Waals surface area contributed by atoms with Crippen molar-refractivity contribution in [1.82, 2.24) is 31.9 Å². The van der Waals surface area contributed by atoms with Gasteiger partial charge in [-0.05, 0) is 112 Å². The summed E-state index contributed by atoms with van der Waals surface area (Å²) in [5.74, 6) is -17.0. The number of phenols is 5. The minimum Gasteiger partial charge on any atom is -0.508 e. The fraction of sp³-hybridized carbons (Fsp3) is 0.155. The molecule has 0 saturated heterocycles. The largest absolute Gasteiger partial charge is 0.508 e. The molecule has 6 amide bonds. The van der Waals surface area contributed by atoms with Gasteiger partial charge in [0, 0.05) is 35.2 Å². The molecular weight excluding hydrogens is 1270 g/mol. The molecule has 464 valence electrons.